The Morgan fingerprint density at radius 1 is 1.09 bits per heavy atom. The Hall–Kier alpha value is -1.62. The van der Waals surface area contributed by atoms with Crippen molar-refractivity contribution < 1.29 is 9.18 Å². The van der Waals surface area contributed by atoms with Crippen LogP contribution in [0.4, 0.5) is 10.1 Å². The Kier molecular flexibility index (Phi) is 6.84. The molecule has 0 unspecified atom stereocenters. The van der Waals surface area contributed by atoms with E-state index < -0.39 is 5.82 Å². The van der Waals surface area contributed by atoms with Gasteiger partial charge >= 0.3 is 0 Å². The van der Waals surface area contributed by atoms with Gasteiger partial charge in [0.25, 0.3) is 0 Å². The van der Waals surface area contributed by atoms with Gasteiger partial charge in [0, 0.05) is 23.0 Å². The predicted molar refractivity (Wildman–Crippen MR) is 92.7 cm³/mol. The number of nitrogens with one attached hydrogen (secondary N) is 2. The van der Waals surface area contributed by atoms with Gasteiger partial charge in [-0.15, -0.1) is 0 Å². The number of rotatable bonds is 7. The number of benzene rings is 2. The van der Waals surface area contributed by atoms with Crippen molar-refractivity contribution in [3.05, 3.63) is 63.9 Å². The van der Waals surface area contributed by atoms with Crippen molar-refractivity contribution in [2.75, 3.05) is 18.4 Å². The van der Waals surface area contributed by atoms with Crippen LogP contribution in [0.25, 0.3) is 0 Å². The van der Waals surface area contributed by atoms with Crippen LogP contribution < -0.4 is 10.6 Å². The van der Waals surface area contributed by atoms with E-state index in [-0.39, 0.29) is 18.0 Å². The van der Waals surface area contributed by atoms with Crippen LogP contribution in [0, 0.1) is 5.82 Å². The number of anilines is 1. The molecular weight excluding hydrogens is 338 g/mol. The first kappa shape index (κ1) is 17.7. The average Bonchev–Trinajstić information content (AvgIpc) is 2.51. The molecule has 0 heterocycles. The maximum absolute atomic E-state index is 13.4. The average molecular weight is 355 g/mol. The fraction of sp³-hybridized carbons (Fsp3) is 0.235. The molecule has 2 rings (SSSR count). The van der Waals surface area contributed by atoms with Gasteiger partial charge in [-0.2, -0.15) is 0 Å². The van der Waals surface area contributed by atoms with Crippen LogP contribution in [-0.4, -0.2) is 19.0 Å². The normalized spacial score (nSPS) is 10.6. The number of carbonyl (C=O) groups is 1. The third-order valence-electron chi connectivity index (χ3n) is 3.26. The van der Waals surface area contributed by atoms with Gasteiger partial charge in [0.05, 0.1) is 5.69 Å². The lowest BCUT2D eigenvalue weighted by Gasteiger charge is -2.08. The van der Waals surface area contributed by atoms with Gasteiger partial charge in [0.2, 0.25) is 5.91 Å². The number of halogens is 3. The fourth-order valence-electron chi connectivity index (χ4n) is 2.05. The molecule has 2 aromatic carbocycles. The molecule has 0 spiro atoms. The molecule has 0 saturated heterocycles. The zero-order valence-corrected chi connectivity index (χ0v) is 13.9. The first-order valence-corrected chi connectivity index (χ1v) is 8.01. The van der Waals surface area contributed by atoms with Gasteiger partial charge in [-0.25, -0.2) is 4.39 Å². The molecular formula is C17H17Cl2FN2O. The molecule has 1 amide bonds. The fourth-order valence-corrected chi connectivity index (χ4v) is 2.55. The van der Waals surface area contributed by atoms with E-state index in [1.54, 1.807) is 24.3 Å². The van der Waals surface area contributed by atoms with E-state index in [4.69, 9.17) is 23.2 Å². The summed E-state index contributed by atoms with van der Waals surface area (Å²) in [7, 11) is 0. The van der Waals surface area contributed by atoms with E-state index in [0.29, 0.717) is 23.1 Å². The molecule has 0 fully saturated rings. The maximum Gasteiger partial charge on any atom is 0.225 e. The first-order valence-electron chi connectivity index (χ1n) is 7.25. The van der Waals surface area contributed by atoms with Crippen molar-refractivity contribution >= 4 is 34.8 Å². The van der Waals surface area contributed by atoms with Crippen molar-refractivity contribution in [2.45, 2.75) is 12.8 Å². The van der Waals surface area contributed by atoms with Crippen LogP contribution in [0.2, 0.25) is 10.0 Å². The van der Waals surface area contributed by atoms with Gasteiger partial charge in [0.15, 0.2) is 0 Å². The van der Waals surface area contributed by atoms with E-state index in [1.165, 1.54) is 12.1 Å². The maximum atomic E-state index is 13.4. The lowest BCUT2D eigenvalue weighted by atomic mass is 10.1. The summed E-state index contributed by atoms with van der Waals surface area (Å²) < 4.78 is 13.4. The highest BCUT2D eigenvalue weighted by molar-refractivity contribution is 6.35. The van der Waals surface area contributed by atoms with Crippen molar-refractivity contribution in [1.82, 2.24) is 5.32 Å². The lowest BCUT2D eigenvalue weighted by Crippen LogP contribution is -2.23. The smallest absolute Gasteiger partial charge is 0.225 e. The Morgan fingerprint density at radius 3 is 2.61 bits per heavy atom. The molecule has 0 aliphatic carbocycles. The number of para-hydroxylation sites is 1. The molecule has 23 heavy (non-hydrogen) atoms. The zero-order chi connectivity index (χ0) is 16.7. The minimum Gasteiger partial charge on any atom is -0.324 e. The van der Waals surface area contributed by atoms with Gasteiger partial charge in [-0.1, -0.05) is 41.4 Å². The molecule has 0 aliphatic heterocycles. The molecule has 2 N–H and O–H groups in total. The van der Waals surface area contributed by atoms with Crippen molar-refractivity contribution in [2.24, 2.45) is 0 Å². The van der Waals surface area contributed by atoms with Crippen molar-refractivity contribution in [1.29, 1.82) is 0 Å². The van der Waals surface area contributed by atoms with E-state index in [2.05, 4.69) is 10.6 Å². The van der Waals surface area contributed by atoms with Crippen LogP contribution in [0.3, 0.4) is 0 Å². The molecule has 0 radical (unpaired) electrons. The predicted octanol–water partition coefficient (Wildman–Crippen LogP) is 4.29. The summed E-state index contributed by atoms with van der Waals surface area (Å²) in [5.41, 5.74) is 1.20. The lowest BCUT2D eigenvalue weighted by molar-refractivity contribution is -0.116. The molecule has 0 atom stereocenters. The summed E-state index contributed by atoms with van der Waals surface area (Å²) >= 11 is 11.9. The molecule has 3 nitrogen and oxygen atoms in total. The van der Waals surface area contributed by atoms with Crippen LogP contribution in [0.5, 0.6) is 0 Å². The minimum atomic E-state index is -0.439. The molecule has 0 aliphatic rings. The summed E-state index contributed by atoms with van der Waals surface area (Å²) in [6.45, 7) is 1.19. The zero-order valence-electron chi connectivity index (χ0n) is 12.4. The summed E-state index contributed by atoms with van der Waals surface area (Å²) in [4.78, 5) is 11.7. The third-order valence-corrected chi connectivity index (χ3v) is 3.85. The quantitative estimate of drug-likeness (QED) is 0.728. The largest absolute Gasteiger partial charge is 0.324 e. The molecule has 0 saturated carbocycles. The monoisotopic (exact) mass is 354 g/mol. The standard InChI is InChI=1S/C17H17Cl2FN2O/c18-13-6-5-12(14(19)11-13)7-9-21-10-8-17(23)22-16-4-2-1-3-15(16)20/h1-6,11,21H,7-10H2,(H,22,23). The number of amides is 1. The Labute approximate surface area is 144 Å². The second-order valence-corrected chi connectivity index (χ2v) is 5.86. The number of hydrogen-bond acceptors (Lipinski definition) is 2. The Bertz CT molecular complexity index is 679. The summed E-state index contributed by atoms with van der Waals surface area (Å²) in [5.74, 6) is -0.668. The number of carbonyl (C=O) groups excluding carboxylic acids is 1. The minimum absolute atomic E-state index is 0.199. The van der Waals surface area contributed by atoms with Gasteiger partial charge in [-0.05, 0) is 42.8 Å². The van der Waals surface area contributed by atoms with Crippen LogP contribution >= 0.6 is 23.2 Å². The summed E-state index contributed by atoms with van der Waals surface area (Å²) in [6.07, 6.45) is 1.01. The van der Waals surface area contributed by atoms with Crippen molar-refractivity contribution in [3.8, 4) is 0 Å². The van der Waals surface area contributed by atoms with Gasteiger partial charge < -0.3 is 10.6 Å². The molecule has 6 heteroatoms. The second kappa shape index (κ2) is 8.87. The van der Waals surface area contributed by atoms with E-state index in [9.17, 15) is 9.18 Å². The highest BCUT2D eigenvalue weighted by atomic mass is 35.5. The highest BCUT2D eigenvalue weighted by Gasteiger charge is 2.06. The SMILES string of the molecule is O=C(CCNCCc1ccc(Cl)cc1Cl)Nc1ccccc1F. The summed E-state index contributed by atoms with van der Waals surface area (Å²) in [6, 6.07) is 11.5. The van der Waals surface area contributed by atoms with Crippen LogP contribution in [-0.2, 0) is 11.2 Å². The Morgan fingerprint density at radius 2 is 1.87 bits per heavy atom. The van der Waals surface area contributed by atoms with E-state index >= 15 is 0 Å². The highest BCUT2D eigenvalue weighted by Crippen LogP contribution is 2.21. The number of hydrogen-bond donors (Lipinski definition) is 2. The van der Waals surface area contributed by atoms with Crippen LogP contribution in [0.15, 0.2) is 42.5 Å². The second-order valence-electron chi connectivity index (χ2n) is 5.01. The van der Waals surface area contributed by atoms with Gasteiger partial charge in [-0.3, -0.25) is 4.79 Å². The Balaban J connectivity index is 1.67. The van der Waals surface area contributed by atoms with Crippen LogP contribution in [0.1, 0.15) is 12.0 Å². The van der Waals surface area contributed by atoms with E-state index in [0.717, 1.165) is 12.0 Å². The third kappa shape index (κ3) is 5.82. The first-order chi connectivity index (χ1) is 11.1. The molecule has 122 valence electrons. The summed E-state index contributed by atoms with van der Waals surface area (Å²) in [5, 5.41) is 6.95. The molecule has 0 aromatic heterocycles. The van der Waals surface area contributed by atoms with Gasteiger partial charge in [0.1, 0.15) is 5.82 Å². The molecule has 2 aromatic rings. The molecule has 0 bridgehead atoms. The van der Waals surface area contributed by atoms with Crippen molar-refractivity contribution in [3.63, 3.8) is 0 Å². The van der Waals surface area contributed by atoms with E-state index in [1.807, 2.05) is 6.07 Å². The topological polar surface area (TPSA) is 41.1 Å².